The zero-order valence-corrected chi connectivity index (χ0v) is 12.1. The Balaban J connectivity index is 0.00000256. The van der Waals surface area contributed by atoms with Gasteiger partial charge in [0.2, 0.25) is 0 Å². The van der Waals surface area contributed by atoms with Gasteiger partial charge in [-0.1, -0.05) is 25.4 Å². The number of nitrogens with one attached hydrogen (secondary N) is 1. The summed E-state index contributed by atoms with van der Waals surface area (Å²) in [5, 5.41) is 3.89. The first-order valence-corrected chi connectivity index (χ1v) is 5.60. The molecule has 5 heteroatoms. The van der Waals surface area contributed by atoms with E-state index in [1.807, 2.05) is 12.1 Å². The molecule has 1 aromatic rings. The quantitative estimate of drug-likeness (QED) is 0.897. The van der Waals surface area contributed by atoms with Crippen molar-refractivity contribution in [1.82, 2.24) is 5.32 Å². The molecule has 0 atom stereocenters. The topological polar surface area (TPSA) is 30.5 Å². The highest BCUT2D eigenvalue weighted by atomic mass is 35.5. The van der Waals surface area contributed by atoms with Gasteiger partial charge in [0.25, 0.3) is 0 Å². The molecule has 0 heterocycles. The monoisotopic (exact) mass is 279 g/mol. The van der Waals surface area contributed by atoms with Crippen molar-refractivity contribution in [2.75, 3.05) is 14.2 Å². The van der Waals surface area contributed by atoms with E-state index >= 15 is 0 Å². The van der Waals surface area contributed by atoms with Crippen molar-refractivity contribution in [2.24, 2.45) is 0 Å². The van der Waals surface area contributed by atoms with Gasteiger partial charge in [-0.15, -0.1) is 12.4 Å². The van der Waals surface area contributed by atoms with E-state index in [9.17, 15) is 0 Å². The largest absolute Gasteiger partial charge is 0.493 e. The molecule has 98 valence electrons. The van der Waals surface area contributed by atoms with Gasteiger partial charge >= 0.3 is 0 Å². The molecule has 0 spiro atoms. The van der Waals surface area contributed by atoms with Crippen molar-refractivity contribution in [3.05, 3.63) is 22.7 Å². The van der Waals surface area contributed by atoms with Crippen LogP contribution in [0.3, 0.4) is 0 Å². The van der Waals surface area contributed by atoms with Gasteiger partial charge in [0.05, 0.1) is 19.2 Å². The number of methoxy groups -OCH3 is 2. The van der Waals surface area contributed by atoms with Crippen molar-refractivity contribution in [1.29, 1.82) is 0 Å². The summed E-state index contributed by atoms with van der Waals surface area (Å²) in [6.45, 7) is 4.96. The maximum Gasteiger partial charge on any atom is 0.179 e. The number of rotatable bonds is 5. The highest BCUT2D eigenvalue weighted by Gasteiger charge is 2.10. The Bertz CT molecular complexity index is 357. The van der Waals surface area contributed by atoms with Crippen LogP contribution >= 0.6 is 24.0 Å². The summed E-state index contributed by atoms with van der Waals surface area (Å²) in [6, 6.07) is 4.25. The second kappa shape index (κ2) is 7.64. The first-order chi connectivity index (χ1) is 7.58. The van der Waals surface area contributed by atoms with Crippen molar-refractivity contribution >= 4 is 24.0 Å². The molecule has 1 rings (SSSR count). The molecule has 1 N–H and O–H groups in total. The smallest absolute Gasteiger partial charge is 0.179 e. The molecule has 0 aliphatic carbocycles. The second-order valence-electron chi connectivity index (χ2n) is 3.85. The van der Waals surface area contributed by atoms with Crippen LogP contribution in [0.2, 0.25) is 5.02 Å². The minimum Gasteiger partial charge on any atom is -0.493 e. The van der Waals surface area contributed by atoms with E-state index in [0.717, 1.165) is 12.1 Å². The SMILES string of the molecule is COc1cc(CNC(C)C)cc(Cl)c1OC.Cl. The molecule has 1 aromatic carbocycles. The lowest BCUT2D eigenvalue weighted by Gasteiger charge is -2.13. The van der Waals surface area contributed by atoms with Gasteiger partial charge in [-0.25, -0.2) is 0 Å². The van der Waals surface area contributed by atoms with E-state index in [2.05, 4.69) is 19.2 Å². The second-order valence-corrected chi connectivity index (χ2v) is 4.26. The van der Waals surface area contributed by atoms with Gasteiger partial charge in [0.1, 0.15) is 0 Å². The van der Waals surface area contributed by atoms with Crippen molar-refractivity contribution in [3.63, 3.8) is 0 Å². The third kappa shape index (κ3) is 4.62. The molecule has 0 aliphatic heterocycles. The van der Waals surface area contributed by atoms with E-state index < -0.39 is 0 Å². The number of halogens is 2. The Hall–Kier alpha value is -0.640. The van der Waals surface area contributed by atoms with Gasteiger partial charge in [-0.05, 0) is 17.7 Å². The normalized spacial score (nSPS) is 10.0. The highest BCUT2D eigenvalue weighted by molar-refractivity contribution is 6.32. The molecular weight excluding hydrogens is 261 g/mol. The highest BCUT2D eigenvalue weighted by Crippen LogP contribution is 2.35. The third-order valence-electron chi connectivity index (χ3n) is 2.21. The molecule has 0 unspecified atom stereocenters. The molecule has 0 bridgehead atoms. The van der Waals surface area contributed by atoms with Crippen LogP contribution in [0.4, 0.5) is 0 Å². The fraction of sp³-hybridized carbons (Fsp3) is 0.500. The average molecular weight is 280 g/mol. The summed E-state index contributed by atoms with van der Waals surface area (Å²) in [6.07, 6.45) is 0. The molecule has 0 radical (unpaired) electrons. The summed E-state index contributed by atoms with van der Waals surface area (Å²) in [5.74, 6) is 1.24. The van der Waals surface area contributed by atoms with Crippen LogP contribution in [-0.2, 0) is 6.54 Å². The number of hydrogen-bond donors (Lipinski definition) is 1. The zero-order valence-electron chi connectivity index (χ0n) is 10.5. The average Bonchev–Trinajstić information content (AvgIpc) is 2.25. The number of hydrogen-bond acceptors (Lipinski definition) is 3. The standard InChI is InChI=1S/C12H18ClNO2.ClH/c1-8(2)14-7-9-5-10(13)12(16-4)11(6-9)15-3;/h5-6,8,14H,7H2,1-4H3;1H. The van der Waals surface area contributed by atoms with Gasteiger partial charge in [-0.2, -0.15) is 0 Å². The van der Waals surface area contributed by atoms with E-state index in [4.69, 9.17) is 21.1 Å². The molecule has 0 fully saturated rings. The van der Waals surface area contributed by atoms with E-state index in [1.165, 1.54) is 0 Å². The lowest BCUT2D eigenvalue weighted by atomic mass is 10.2. The summed E-state index contributed by atoms with van der Waals surface area (Å²) < 4.78 is 10.4. The van der Waals surface area contributed by atoms with E-state index in [-0.39, 0.29) is 12.4 Å². The van der Waals surface area contributed by atoms with Crippen LogP contribution in [0, 0.1) is 0 Å². The van der Waals surface area contributed by atoms with Crippen LogP contribution in [-0.4, -0.2) is 20.3 Å². The maximum absolute atomic E-state index is 6.10. The maximum atomic E-state index is 6.10. The number of ether oxygens (including phenoxy) is 2. The third-order valence-corrected chi connectivity index (χ3v) is 2.49. The molecule has 0 amide bonds. The first kappa shape index (κ1) is 16.4. The Kier molecular flexibility index (Phi) is 7.35. The van der Waals surface area contributed by atoms with Crippen LogP contribution in [0.1, 0.15) is 19.4 Å². The van der Waals surface area contributed by atoms with Gasteiger partial charge in [-0.3, -0.25) is 0 Å². The lowest BCUT2D eigenvalue weighted by Crippen LogP contribution is -2.21. The van der Waals surface area contributed by atoms with Crippen molar-refractivity contribution in [3.8, 4) is 11.5 Å². The predicted octanol–water partition coefficient (Wildman–Crippen LogP) is 3.28. The molecule has 0 saturated carbocycles. The predicted molar refractivity (Wildman–Crippen MR) is 73.8 cm³/mol. The number of benzene rings is 1. The minimum absolute atomic E-state index is 0. The van der Waals surface area contributed by atoms with Crippen LogP contribution in [0.15, 0.2) is 12.1 Å². The Morgan fingerprint density at radius 1 is 1.24 bits per heavy atom. The summed E-state index contributed by atoms with van der Waals surface area (Å²) >= 11 is 6.10. The zero-order chi connectivity index (χ0) is 12.1. The summed E-state index contributed by atoms with van der Waals surface area (Å²) in [7, 11) is 3.18. The van der Waals surface area contributed by atoms with Crippen molar-refractivity contribution < 1.29 is 9.47 Å². The van der Waals surface area contributed by atoms with Crippen LogP contribution in [0.5, 0.6) is 11.5 Å². The summed E-state index contributed by atoms with van der Waals surface area (Å²) in [5.41, 5.74) is 1.08. The van der Waals surface area contributed by atoms with Gasteiger partial charge < -0.3 is 14.8 Å². The molecule has 0 aromatic heterocycles. The lowest BCUT2D eigenvalue weighted by molar-refractivity contribution is 0.354. The minimum atomic E-state index is 0. The Labute approximate surface area is 114 Å². The molecule has 0 aliphatic rings. The molecule has 3 nitrogen and oxygen atoms in total. The molecular formula is C12H19Cl2NO2. The van der Waals surface area contributed by atoms with Crippen LogP contribution < -0.4 is 14.8 Å². The Morgan fingerprint density at radius 2 is 1.88 bits per heavy atom. The first-order valence-electron chi connectivity index (χ1n) is 5.22. The van der Waals surface area contributed by atoms with E-state index in [0.29, 0.717) is 22.6 Å². The molecule has 17 heavy (non-hydrogen) atoms. The molecule has 0 saturated heterocycles. The summed E-state index contributed by atoms with van der Waals surface area (Å²) in [4.78, 5) is 0. The van der Waals surface area contributed by atoms with Crippen molar-refractivity contribution in [2.45, 2.75) is 26.4 Å². The fourth-order valence-corrected chi connectivity index (χ4v) is 1.71. The van der Waals surface area contributed by atoms with Crippen LogP contribution in [0.25, 0.3) is 0 Å². The van der Waals surface area contributed by atoms with Gasteiger partial charge in [0, 0.05) is 12.6 Å². The Morgan fingerprint density at radius 3 is 2.35 bits per heavy atom. The van der Waals surface area contributed by atoms with Gasteiger partial charge in [0.15, 0.2) is 11.5 Å². The fourth-order valence-electron chi connectivity index (χ4n) is 1.40. The van der Waals surface area contributed by atoms with E-state index in [1.54, 1.807) is 14.2 Å².